The summed E-state index contributed by atoms with van der Waals surface area (Å²) in [6.45, 7) is 2.19. The number of para-hydroxylation sites is 1. The molecule has 2 atom stereocenters. The fourth-order valence-electron chi connectivity index (χ4n) is 3.38. The third-order valence-corrected chi connectivity index (χ3v) is 4.72. The minimum absolute atomic E-state index is 0.217. The number of nitrogens with one attached hydrogen (secondary N) is 1. The van der Waals surface area contributed by atoms with Gasteiger partial charge in [-0.25, -0.2) is 0 Å². The molecule has 3 rings (SSSR count). The molecular formula is C16H23N3O. The Morgan fingerprint density at radius 1 is 1.20 bits per heavy atom. The van der Waals surface area contributed by atoms with E-state index in [1.54, 1.807) is 0 Å². The Hall–Kier alpha value is -1.55. The largest absolute Gasteiger partial charge is 0.376 e. The van der Waals surface area contributed by atoms with Gasteiger partial charge in [0.05, 0.1) is 6.54 Å². The van der Waals surface area contributed by atoms with Crippen molar-refractivity contribution in [3.05, 3.63) is 30.3 Å². The van der Waals surface area contributed by atoms with Crippen LogP contribution >= 0.6 is 0 Å². The molecule has 2 fully saturated rings. The van der Waals surface area contributed by atoms with E-state index in [1.807, 2.05) is 35.2 Å². The number of likely N-dealkylation sites (N-methyl/N-ethyl adjacent to an activating group) is 1. The van der Waals surface area contributed by atoms with Crippen molar-refractivity contribution < 1.29 is 4.79 Å². The summed E-state index contributed by atoms with van der Waals surface area (Å²) < 4.78 is 0. The van der Waals surface area contributed by atoms with E-state index in [0.29, 0.717) is 18.6 Å². The maximum Gasteiger partial charge on any atom is 0.241 e. The van der Waals surface area contributed by atoms with Crippen LogP contribution in [0, 0.1) is 0 Å². The molecule has 2 aliphatic rings. The predicted molar refractivity (Wildman–Crippen MR) is 80.7 cm³/mol. The summed E-state index contributed by atoms with van der Waals surface area (Å²) in [5.74, 6) is 0.217. The summed E-state index contributed by atoms with van der Waals surface area (Å²) in [5, 5.41) is 3.21. The molecule has 0 aromatic heterocycles. The Morgan fingerprint density at radius 2 is 1.95 bits per heavy atom. The fraction of sp³-hybridized carbons (Fsp3) is 0.562. The Morgan fingerprint density at radius 3 is 2.75 bits per heavy atom. The van der Waals surface area contributed by atoms with Crippen molar-refractivity contribution in [1.29, 1.82) is 0 Å². The molecule has 1 aromatic rings. The summed E-state index contributed by atoms with van der Waals surface area (Å²) in [4.78, 5) is 16.9. The van der Waals surface area contributed by atoms with E-state index in [9.17, 15) is 4.79 Å². The van der Waals surface area contributed by atoms with Gasteiger partial charge in [-0.3, -0.25) is 9.69 Å². The number of carbonyl (C=O) groups is 1. The zero-order valence-electron chi connectivity index (χ0n) is 12.1. The molecular weight excluding hydrogens is 250 g/mol. The molecule has 0 saturated carbocycles. The highest BCUT2D eigenvalue weighted by molar-refractivity contribution is 5.81. The molecule has 20 heavy (non-hydrogen) atoms. The smallest absolute Gasteiger partial charge is 0.241 e. The molecule has 4 heteroatoms. The van der Waals surface area contributed by atoms with Crippen molar-refractivity contribution in [3.63, 3.8) is 0 Å². The van der Waals surface area contributed by atoms with E-state index in [1.165, 1.54) is 12.8 Å². The van der Waals surface area contributed by atoms with Gasteiger partial charge in [-0.15, -0.1) is 0 Å². The molecule has 2 unspecified atom stereocenters. The van der Waals surface area contributed by atoms with E-state index < -0.39 is 0 Å². The van der Waals surface area contributed by atoms with Gasteiger partial charge in [-0.1, -0.05) is 18.2 Å². The highest BCUT2D eigenvalue weighted by Gasteiger charge is 2.35. The van der Waals surface area contributed by atoms with Crippen molar-refractivity contribution >= 4 is 11.6 Å². The SMILES string of the molecule is CN1C2CCC1CN(C(=O)CNc1ccccc1)CC2. The van der Waals surface area contributed by atoms with Crippen molar-refractivity contribution in [2.24, 2.45) is 0 Å². The molecule has 0 radical (unpaired) electrons. The van der Waals surface area contributed by atoms with Crippen LogP contribution < -0.4 is 5.32 Å². The van der Waals surface area contributed by atoms with Gasteiger partial charge >= 0.3 is 0 Å². The lowest BCUT2D eigenvalue weighted by atomic mass is 10.1. The normalized spacial score (nSPS) is 26.4. The summed E-state index contributed by atoms with van der Waals surface area (Å²) in [6.07, 6.45) is 3.65. The first-order chi connectivity index (χ1) is 9.74. The lowest BCUT2D eigenvalue weighted by Gasteiger charge is -2.26. The molecule has 2 aliphatic heterocycles. The van der Waals surface area contributed by atoms with Crippen LogP contribution in [-0.4, -0.2) is 54.5 Å². The highest BCUT2D eigenvalue weighted by atomic mass is 16.2. The van der Waals surface area contributed by atoms with Gasteiger partial charge in [0, 0.05) is 30.9 Å². The van der Waals surface area contributed by atoms with E-state index >= 15 is 0 Å². The number of nitrogens with zero attached hydrogens (tertiary/aromatic N) is 2. The van der Waals surface area contributed by atoms with Crippen LogP contribution in [0.3, 0.4) is 0 Å². The van der Waals surface area contributed by atoms with Crippen LogP contribution in [0.5, 0.6) is 0 Å². The maximum absolute atomic E-state index is 12.4. The Labute approximate surface area is 120 Å². The highest BCUT2D eigenvalue weighted by Crippen LogP contribution is 2.28. The summed E-state index contributed by atoms with van der Waals surface area (Å²) in [5.41, 5.74) is 1.01. The zero-order valence-corrected chi connectivity index (χ0v) is 12.1. The minimum atomic E-state index is 0.217. The standard InChI is InChI=1S/C16H23N3O/c1-18-14-7-8-15(18)12-19(10-9-14)16(20)11-17-13-5-3-2-4-6-13/h2-6,14-15,17H,7-12H2,1H3. The number of carbonyl (C=O) groups excluding carboxylic acids is 1. The summed E-state index contributed by atoms with van der Waals surface area (Å²) in [6, 6.07) is 11.2. The minimum Gasteiger partial charge on any atom is -0.376 e. The average molecular weight is 273 g/mol. The van der Waals surface area contributed by atoms with E-state index in [-0.39, 0.29) is 5.91 Å². The fourth-order valence-corrected chi connectivity index (χ4v) is 3.38. The van der Waals surface area contributed by atoms with Gasteiger partial charge < -0.3 is 10.2 Å². The third-order valence-electron chi connectivity index (χ3n) is 4.72. The van der Waals surface area contributed by atoms with Crippen molar-refractivity contribution in [2.75, 3.05) is 32.0 Å². The van der Waals surface area contributed by atoms with Crippen molar-refractivity contribution in [2.45, 2.75) is 31.3 Å². The van der Waals surface area contributed by atoms with Crippen molar-refractivity contribution in [3.8, 4) is 0 Å². The van der Waals surface area contributed by atoms with Gasteiger partial charge in [-0.05, 0) is 38.4 Å². The number of hydrogen-bond donors (Lipinski definition) is 1. The first-order valence-electron chi connectivity index (χ1n) is 7.52. The Balaban J connectivity index is 1.55. The number of benzene rings is 1. The molecule has 1 amide bonds. The lowest BCUT2D eigenvalue weighted by Crippen LogP contribution is -2.42. The maximum atomic E-state index is 12.4. The third kappa shape index (κ3) is 2.80. The molecule has 2 saturated heterocycles. The van der Waals surface area contributed by atoms with Crippen LogP contribution in [-0.2, 0) is 4.79 Å². The zero-order chi connectivity index (χ0) is 13.9. The molecule has 108 valence electrons. The Bertz CT molecular complexity index is 462. The number of likely N-dealkylation sites (tertiary alicyclic amines) is 1. The first kappa shape index (κ1) is 13.4. The van der Waals surface area contributed by atoms with Gasteiger partial charge in [0.15, 0.2) is 0 Å². The molecule has 0 spiro atoms. The van der Waals surface area contributed by atoms with Crippen LogP contribution in [0.15, 0.2) is 30.3 Å². The topological polar surface area (TPSA) is 35.6 Å². The number of fused-ring (bicyclic) bond motifs is 2. The molecule has 1 N–H and O–H groups in total. The van der Waals surface area contributed by atoms with Crippen molar-refractivity contribution in [1.82, 2.24) is 9.80 Å². The number of amides is 1. The van der Waals surface area contributed by atoms with Gasteiger partial charge in [-0.2, -0.15) is 0 Å². The molecule has 4 nitrogen and oxygen atoms in total. The molecule has 2 bridgehead atoms. The second kappa shape index (κ2) is 5.83. The summed E-state index contributed by atoms with van der Waals surface area (Å²) in [7, 11) is 2.21. The van der Waals surface area contributed by atoms with Gasteiger partial charge in [0.25, 0.3) is 0 Å². The van der Waals surface area contributed by atoms with Crippen LogP contribution in [0.2, 0.25) is 0 Å². The molecule has 0 aliphatic carbocycles. The lowest BCUT2D eigenvalue weighted by molar-refractivity contribution is -0.129. The number of anilines is 1. The Kier molecular flexibility index (Phi) is 3.92. The first-order valence-corrected chi connectivity index (χ1v) is 7.52. The average Bonchev–Trinajstić information content (AvgIpc) is 2.71. The quantitative estimate of drug-likeness (QED) is 0.912. The second-order valence-electron chi connectivity index (χ2n) is 5.90. The van der Waals surface area contributed by atoms with E-state index in [2.05, 4.69) is 17.3 Å². The molecule has 1 aromatic carbocycles. The van der Waals surface area contributed by atoms with Gasteiger partial charge in [0.2, 0.25) is 5.91 Å². The van der Waals surface area contributed by atoms with Gasteiger partial charge in [0.1, 0.15) is 0 Å². The number of hydrogen-bond acceptors (Lipinski definition) is 3. The van der Waals surface area contributed by atoms with E-state index in [4.69, 9.17) is 0 Å². The van der Waals surface area contributed by atoms with Crippen LogP contribution in [0.4, 0.5) is 5.69 Å². The monoisotopic (exact) mass is 273 g/mol. The predicted octanol–water partition coefficient (Wildman–Crippen LogP) is 1.79. The number of rotatable bonds is 3. The van der Waals surface area contributed by atoms with Crippen LogP contribution in [0.25, 0.3) is 0 Å². The second-order valence-corrected chi connectivity index (χ2v) is 5.90. The van der Waals surface area contributed by atoms with Crippen LogP contribution in [0.1, 0.15) is 19.3 Å². The molecule has 2 heterocycles. The van der Waals surface area contributed by atoms with E-state index in [0.717, 1.165) is 25.2 Å². The summed E-state index contributed by atoms with van der Waals surface area (Å²) >= 11 is 0.